The highest BCUT2D eigenvalue weighted by Gasteiger charge is 2.21. The molecule has 3 rings (SSSR count). The Hall–Kier alpha value is -2.16. The lowest BCUT2D eigenvalue weighted by molar-refractivity contribution is 0.305. The highest BCUT2D eigenvalue weighted by molar-refractivity contribution is 5.54. The summed E-state index contributed by atoms with van der Waals surface area (Å²) in [7, 11) is 0. The maximum absolute atomic E-state index is 5.87. The van der Waals surface area contributed by atoms with Gasteiger partial charge in [-0.2, -0.15) is 0 Å². The van der Waals surface area contributed by atoms with Gasteiger partial charge in [-0.15, -0.1) is 0 Å². The molecular formula is C21H28N2O. The summed E-state index contributed by atoms with van der Waals surface area (Å²) in [5.41, 5.74) is 15.4. The molecular weight excluding hydrogens is 296 g/mol. The molecule has 4 N–H and O–H groups in total. The molecule has 2 aromatic carbocycles. The number of anilines is 2. The molecule has 3 nitrogen and oxygen atoms in total. The van der Waals surface area contributed by atoms with Crippen molar-refractivity contribution in [2.75, 3.05) is 11.5 Å². The van der Waals surface area contributed by atoms with Crippen LogP contribution < -0.4 is 16.2 Å². The Balaban J connectivity index is 1.56. The molecule has 1 saturated carbocycles. The largest absolute Gasteiger partial charge is 0.489 e. The van der Waals surface area contributed by atoms with Gasteiger partial charge in [0.15, 0.2) is 0 Å². The molecule has 2 aromatic rings. The van der Waals surface area contributed by atoms with E-state index in [-0.39, 0.29) is 0 Å². The number of nitrogen functional groups attached to an aromatic ring is 2. The second-order valence-electron chi connectivity index (χ2n) is 6.99. The van der Waals surface area contributed by atoms with Crippen LogP contribution >= 0.6 is 0 Å². The minimum absolute atomic E-state index is 0.482. The Morgan fingerprint density at radius 1 is 0.917 bits per heavy atom. The fourth-order valence-electron chi connectivity index (χ4n) is 3.74. The summed E-state index contributed by atoms with van der Waals surface area (Å²) in [4.78, 5) is 0. The summed E-state index contributed by atoms with van der Waals surface area (Å²) in [6, 6.07) is 14.2. The highest BCUT2D eigenvalue weighted by atomic mass is 16.5. The van der Waals surface area contributed by atoms with Crippen LogP contribution in [0.25, 0.3) is 0 Å². The molecule has 128 valence electrons. The molecule has 3 heteroatoms. The summed E-state index contributed by atoms with van der Waals surface area (Å²) in [5, 5.41) is 0. The Morgan fingerprint density at radius 2 is 1.54 bits per heavy atom. The number of hydrogen-bond donors (Lipinski definition) is 2. The number of nitrogens with two attached hydrogens (primary N) is 2. The van der Waals surface area contributed by atoms with Gasteiger partial charge in [0.25, 0.3) is 0 Å². The van der Waals surface area contributed by atoms with Gasteiger partial charge in [-0.25, -0.2) is 0 Å². The van der Waals surface area contributed by atoms with E-state index in [2.05, 4.69) is 31.2 Å². The van der Waals surface area contributed by atoms with Crippen molar-refractivity contribution in [1.82, 2.24) is 0 Å². The number of hydrogen-bond acceptors (Lipinski definition) is 3. The van der Waals surface area contributed by atoms with Gasteiger partial charge in [0.2, 0.25) is 0 Å². The minimum Gasteiger partial charge on any atom is -0.489 e. The first-order chi connectivity index (χ1) is 11.6. The summed E-state index contributed by atoms with van der Waals surface area (Å²) in [5.74, 6) is 2.55. The molecule has 1 fully saturated rings. The summed E-state index contributed by atoms with van der Waals surface area (Å²) < 4.78 is 5.87. The van der Waals surface area contributed by atoms with Gasteiger partial charge in [-0.3, -0.25) is 0 Å². The molecule has 24 heavy (non-hydrogen) atoms. The predicted molar refractivity (Wildman–Crippen MR) is 101 cm³/mol. The number of ether oxygens (including phenoxy) is 1. The molecule has 0 aliphatic heterocycles. The van der Waals surface area contributed by atoms with E-state index in [1.165, 1.54) is 37.7 Å². The molecule has 0 spiro atoms. The molecule has 0 unspecified atom stereocenters. The first-order valence-corrected chi connectivity index (χ1v) is 9.01. The zero-order valence-electron chi connectivity index (χ0n) is 14.5. The van der Waals surface area contributed by atoms with Gasteiger partial charge in [0.05, 0.1) is 0 Å². The van der Waals surface area contributed by atoms with Gasteiger partial charge < -0.3 is 16.2 Å². The lowest BCUT2D eigenvalue weighted by Crippen LogP contribution is -2.12. The van der Waals surface area contributed by atoms with Crippen molar-refractivity contribution in [3.8, 4) is 5.75 Å². The van der Waals surface area contributed by atoms with E-state index >= 15 is 0 Å². The van der Waals surface area contributed by atoms with Gasteiger partial charge in [0, 0.05) is 11.4 Å². The molecule has 0 amide bonds. The van der Waals surface area contributed by atoms with Crippen LogP contribution in [0.2, 0.25) is 0 Å². The van der Waals surface area contributed by atoms with E-state index in [1.54, 1.807) is 6.07 Å². The van der Waals surface area contributed by atoms with Crippen molar-refractivity contribution in [2.45, 2.75) is 51.6 Å². The van der Waals surface area contributed by atoms with Crippen molar-refractivity contribution in [1.29, 1.82) is 0 Å². The van der Waals surface area contributed by atoms with Crippen LogP contribution in [-0.2, 0) is 6.61 Å². The summed E-state index contributed by atoms with van der Waals surface area (Å²) in [6.45, 7) is 2.79. The first-order valence-electron chi connectivity index (χ1n) is 9.01. The smallest absolute Gasteiger partial charge is 0.119 e. The number of benzene rings is 2. The monoisotopic (exact) mass is 324 g/mol. The molecule has 0 bridgehead atoms. The van der Waals surface area contributed by atoms with Crippen molar-refractivity contribution >= 4 is 11.4 Å². The van der Waals surface area contributed by atoms with E-state index in [9.17, 15) is 0 Å². The van der Waals surface area contributed by atoms with Gasteiger partial charge in [-0.1, -0.05) is 25.5 Å². The van der Waals surface area contributed by atoms with Crippen molar-refractivity contribution in [3.05, 3.63) is 53.6 Å². The van der Waals surface area contributed by atoms with Crippen molar-refractivity contribution in [3.63, 3.8) is 0 Å². The molecule has 1 aliphatic rings. The zero-order chi connectivity index (χ0) is 16.9. The van der Waals surface area contributed by atoms with E-state index in [0.29, 0.717) is 18.0 Å². The SMILES string of the molecule is CCC1CCC(c2ccc(OCc3cc(N)cc(N)c3)cc2)CC1. The molecule has 1 aliphatic carbocycles. The van der Waals surface area contributed by atoms with Crippen molar-refractivity contribution < 1.29 is 4.74 Å². The van der Waals surface area contributed by atoms with Gasteiger partial charge in [0.1, 0.15) is 12.4 Å². The molecule has 0 heterocycles. The van der Waals surface area contributed by atoms with E-state index < -0.39 is 0 Å². The van der Waals surface area contributed by atoms with Crippen molar-refractivity contribution in [2.24, 2.45) is 5.92 Å². The normalized spacial score (nSPS) is 20.7. The average molecular weight is 324 g/mol. The van der Waals surface area contributed by atoms with Crippen LogP contribution in [0.3, 0.4) is 0 Å². The fourth-order valence-corrected chi connectivity index (χ4v) is 3.74. The third-order valence-electron chi connectivity index (χ3n) is 5.22. The highest BCUT2D eigenvalue weighted by Crippen LogP contribution is 2.37. The standard InChI is InChI=1S/C21H28N2O/c1-2-15-3-5-17(6-4-15)18-7-9-21(10-8-18)24-14-16-11-19(22)13-20(23)12-16/h7-13,15,17H,2-6,14,22-23H2,1H3. The van der Waals surface area contributed by atoms with Gasteiger partial charge in [-0.05, 0) is 79.0 Å². The second-order valence-corrected chi connectivity index (χ2v) is 6.99. The minimum atomic E-state index is 0.482. The summed E-state index contributed by atoms with van der Waals surface area (Å²) >= 11 is 0. The lowest BCUT2D eigenvalue weighted by atomic mass is 9.78. The maximum Gasteiger partial charge on any atom is 0.119 e. The third-order valence-corrected chi connectivity index (χ3v) is 5.22. The zero-order valence-corrected chi connectivity index (χ0v) is 14.5. The fraction of sp³-hybridized carbons (Fsp3) is 0.429. The van der Waals surface area contributed by atoms with E-state index in [1.807, 2.05) is 12.1 Å². The summed E-state index contributed by atoms with van der Waals surface area (Å²) in [6.07, 6.45) is 6.71. The Kier molecular flexibility index (Phi) is 5.29. The van der Waals surface area contributed by atoms with Crippen LogP contribution in [0.1, 0.15) is 56.1 Å². The van der Waals surface area contributed by atoms with Crippen LogP contribution in [-0.4, -0.2) is 0 Å². The number of rotatable bonds is 5. The molecule has 0 radical (unpaired) electrons. The van der Waals surface area contributed by atoms with Gasteiger partial charge >= 0.3 is 0 Å². The average Bonchev–Trinajstić information content (AvgIpc) is 2.60. The first kappa shape index (κ1) is 16.7. The van der Waals surface area contributed by atoms with Crippen LogP contribution in [0.5, 0.6) is 5.75 Å². The predicted octanol–water partition coefficient (Wildman–Crippen LogP) is 5.11. The Morgan fingerprint density at radius 3 is 2.12 bits per heavy atom. The third kappa shape index (κ3) is 4.22. The second kappa shape index (κ2) is 7.61. The molecule has 0 saturated heterocycles. The Bertz CT molecular complexity index is 638. The lowest BCUT2D eigenvalue weighted by Gasteiger charge is -2.28. The van der Waals surface area contributed by atoms with Crippen LogP contribution in [0.15, 0.2) is 42.5 Å². The quantitative estimate of drug-likeness (QED) is 0.751. The van der Waals surface area contributed by atoms with Crippen LogP contribution in [0.4, 0.5) is 11.4 Å². The topological polar surface area (TPSA) is 61.3 Å². The Labute approximate surface area is 145 Å². The maximum atomic E-state index is 5.87. The van der Waals surface area contributed by atoms with E-state index in [0.717, 1.165) is 23.1 Å². The van der Waals surface area contributed by atoms with E-state index in [4.69, 9.17) is 16.2 Å². The van der Waals surface area contributed by atoms with Crippen LogP contribution in [0, 0.1) is 5.92 Å². The molecule has 0 aromatic heterocycles. The molecule has 0 atom stereocenters.